The first-order chi connectivity index (χ1) is 28.6. The molecule has 4 aromatic rings. The Labute approximate surface area is 364 Å². The number of hydrogen-bond acceptors (Lipinski definition) is 6. The third-order valence-electron chi connectivity index (χ3n) is 13.5. The van der Waals surface area contributed by atoms with Crippen LogP contribution in [0.4, 0.5) is 0 Å². The van der Waals surface area contributed by atoms with Crippen LogP contribution >= 0.6 is 0 Å². The molecule has 0 aromatic heterocycles. The van der Waals surface area contributed by atoms with Crippen LogP contribution in [0.1, 0.15) is 128 Å². The highest BCUT2D eigenvalue weighted by molar-refractivity contribution is 5.79. The van der Waals surface area contributed by atoms with E-state index in [0.717, 1.165) is 50.1 Å². The second kappa shape index (κ2) is 23.9. The van der Waals surface area contributed by atoms with Crippen LogP contribution in [-0.4, -0.2) is 70.8 Å². The first-order valence-electron chi connectivity index (χ1n) is 22.7. The molecule has 2 aliphatic rings. The number of aliphatic hydroxyl groups excluding tert-OH is 2. The van der Waals surface area contributed by atoms with Crippen LogP contribution < -0.4 is 0 Å². The molecular formula is C54H78N2O4. The van der Waals surface area contributed by atoms with Crippen LogP contribution in [0.5, 0.6) is 0 Å². The maximum absolute atomic E-state index is 12.3. The summed E-state index contributed by atoms with van der Waals surface area (Å²) in [6.07, 6.45) is 0.617. The number of nitrogens with zero attached hydrogens (tertiary/aromatic N) is 2. The van der Waals surface area contributed by atoms with Crippen LogP contribution in [0, 0.1) is 37.5 Å². The van der Waals surface area contributed by atoms with Gasteiger partial charge in [0, 0.05) is 26.2 Å². The Morgan fingerprint density at radius 3 is 1.20 bits per heavy atom. The van der Waals surface area contributed by atoms with Gasteiger partial charge in [0.25, 0.3) is 0 Å². The molecule has 8 atom stereocenters. The Morgan fingerprint density at radius 2 is 0.917 bits per heavy atom. The van der Waals surface area contributed by atoms with Gasteiger partial charge in [0.05, 0.1) is 24.0 Å². The zero-order valence-corrected chi connectivity index (χ0v) is 39.1. The third kappa shape index (κ3) is 13.0. The van der Waals surface area contributed by atoms with Crippen molar-refractivity contribution in [2.45, 2.75) is 119 Å². The van der Waals surface area contributed by atoms with E-state index in [0.29, 0.717) is 24.9 Å². The van der Waals surface area contributed by atoms with Gasteiger partial charge in [0.15, 0.2) is 0 Å². The van der Waals surface area contributed by atoms with E-state index < -0.39 is 24.0 Å². The predicted octanol–water partition coefficient (Wildman–Crippen LogP) is 11.1. The molecule has 0 spiro atoms. The minimum atomic E-state index is -0.751. The van der Waals surface area contributed by atoms with E-state index in [4.69, 9.17) is 0 Å². The number of piperidine rings is 2. The first-order valence-corrected chi connectivity index (χ1v) is 22.7. The van der Waals surface area contributed by atoms with E-state index in [1.807, 2.05) is 88.4 Å². The summed E-state index contributed by atoms with van der Waals surface area (Å²) >= 11 is 0. The lowest BCUT2D eigenvalue weighted by Gasteiger charge is -2.46. The molecule has 2 N–H and O–H groups in total. The van der Waals surface area contributed by atoms with Gasteiger partial charge in [-0.3, -0.25) is 9.59 Å². The first kappa shape index (κ1) is 50.4. The average molecular weight is 819 g/mol. The molecule has 6 rings (SSSR count). The molecule has 2 saturated heterocycles. The average Bonchev–Trinajstić information content (AvgIpc) is 3.26. The summed E-state index contributed by atoms with van der Waals surface area (Å²) in [6, 6.07) is 36.8. The van der Waals surface area contributed by atoms with Crippen molar-refractivity contribution in [2.24, 2.45) is 23.7 Å². The zero-order chi connectivity index (χ0) is 44.6. The maximum atomic E-state index is 12.3. The van der Waals surface area contributed by atoms with Crippen molar-refractivity contribution < 1.29 is 19.8 Å². The van der Waals surface area contributed by atoms with Gasteiger partial charge in [0.2, 0.25) is 0 Å². The summed E-state index contributed by atoms with van der Waals surface area (Å²) in [6.45, 7) is 29.8. The molecule has 0 amide bonds. The van der Waals surface area contributed by atoms with Crippen molar-refractivity contribution in [3.8, 4) is 0 Å². The molecule has 60 heavy (non-hydrogen) atoms. The molecule has 4 aromatic carbocycles. The summed E-state index contributed by atoms with van der Waals surface area (Å²) in [7, 11) is 0. The lowest BCUT2D eigenvalue weighted by atomic mass is 9.67. The van der Waals surface area contributed by atoms with Gasteiger partial charge >= 0.3 is 0 Å². The minimum Gasteiger partial charge on any atom is -0.388 e. The highest BCUT2D eigenvalue weighted by Crippen LogP contribution is 2.41. The molecule has 0 radical (unpaired) electrons. The van der Waals surface area contributed by atoms with Gasteiger partial charge in [-0.1, -0.05) is 176 Å². The molecule has 0 saturated carbocycles. The molecule has 0 aliphatic carbocycles. The quantitative estimate of drug-likeness (QED) is 0.148. The topological polar surface area (TPSA) is 81.1 Å². The minimum absolute atomic E-state index is 0.0519. The number of aryl methyl sites for hydroxylation is 2. The fourth-order valence-electron chi connectivity index (χ4n) is 9.05. The summed E-state index contributed by atoms with van der Waals surface area (Å²) in [4.78, 5) is 29.4. The van der Waals surface area contributed by atoms with E-state index in [1.165, 1.54) is 22.3 Å². The van der Waals surface area contributed by atoms with Gasteiger partial charge in [0.1, 0.15) is 11.6 Å². The van der Waals surface area contributed by atoms with Crippen molar-refractivity contribution >= 4 is 11.6 Å². The number of Topliss-reactive ketones (excluding diaryl/α,β-unsaturated/α-hetero) is 2. The number of likely N-dealkylation sites (tertiary alicyclic amines) is 2. The van der Waals surface area contributed by atoms with Crippen molar-refractivity contribution in [1.82, 2.24) is 9.80 Å². The Kier molecular flexibility index (Phi) is 20.1. The fourth-order valence-corrected chi connectivity index (χ4v) is 9.05. The van der Waals surface area contributed by atoms with Crippen LogP contribution in [0.2, 0.25) is 0 Å². The lowest BCUT2D eigenvalue weighted by molar-refractivity contribution is -0.126. The number of ketones is 2. The van der Waals surface area contributed by atoms with Crippen molar-refractivity contribution in [3.05, 3.63) is 143 Å². The second-order valence-electron chi connectivity index (χ2n) is 17.5. The monoisotopic (exact) mass is 819 g/mol. The molecular weight excluding hydrogens is 741 g/mol. The molecule has 6 heteroatoms. The second-order valence-corrected chi connectivity index (χ2v) is 17.5. The van der Waals surface area contributed by atoms with Crippen molar-refractivity contribution in [3.63, 3.8) is 0 Å². The van der Waals surface area contributed by atoms with Crippen LogP contribution in [0.25, 0.3) is 0 Å². The van der Waals surface area contributed by atoms with Gasteiger partial charge in [-0.05, 0) is 98.5 Å². The van der Waals surface area contributed by atoms with E-state index in [1.54, 1.807) is 13.8 Å². The Balaban J connectivity index is 0.000000296. The molecule has 328 valence electrons. The largest absolute Gasteiger partial charge is 0.388 e. The van der Waals surface area contributed by atoms with Gasteiger partial charge in [-0.15, -0.1) is 0 Å². The summed E-state index contributed by atoms with van der Waals surface area (Å²) in [5.74, 6) is 0.275. The Bertz CT molecular complexity index is 1740. The summed E-state index contributed by atoms with van der Waals surface area (Å²) in [5.41, 5.74) is 7.35. The number of benzene rings is 4. The van der Waals surface area contributed by atoms with Gasteiger partial charge in [-0.25, -0.2) is 0 Å². The fraction of sp³-hybridized carbons (Fsp3) is 0.519. The van der Waals surface area contributed by atoms with Crippen molar-refractivity contribution in [2.75, 3.05) is 39.3 Å². The summed E-state index contributed by atoms with van der Waals surface area (Å²) in [5, 5.41) is 21.6. The molecule has 0 bridgehead atoms. The number of carbonyl (C=O) groups excluding carboxylic acids is 2. The standard InChI is InChI=1S/2C25H33NO2.2C2H6/c2*1-18-9-8-12-22(15-18)25(4)13-14-26(16-19(25)2)17-23(20(3)27)24(28)21-10-6-5-7-11-21;2*1-2/h2*5-12,15,19,23-24,28H,13-14,16-17H2,1-4H3;2*1-2H3/t19-,23?,24+,25+;19-,23-,24+,25+;;/m00../s1. The smallest absolute Gasteiger partial charge is 0.137 e. The van der Waals surface area contributed by atoms with E-state index >= 15 is 0 Å². The number of carbonyl (C=O) groups is 2. The molecule has 6 nitrogen and oxygen atoms in total. The Hall–Kier alpha value is -3.94. The Morgan fingerprint density at radius 1 is 0.583 bits per heavy atom. The predicted molar refractivity (Wildman–Crippen MR) is 251 cm³/mol. The maximum Gasteiger partial charge on any atom is 0.137 e. The van der Waals surface area contributed by atoms with Gasteiger partial charge in [-0.2, -0.15) is 0 Å². The normalized spacial score (nSPS) is 23.8. The number of rotatable bonds is 12. The zero-order valence-electron chi connectivity index (χ0n) is 39.1. The van der Waals surface area contributed by atoms with Crippen LogP contribution in [-0.2, 0) is 20.4 Å². The molecule has 2 fully saturated rings. The molecule has 2 heterocycles. The third-order valence-corrected chi connectivity index (χ3v) is 13.5. The summed E-state index contributed by atoms with van der Waals surface area (Å²) < 4.78 is 0. The van der Waals surface area contributed by atoms with Gasteiger partial charge < -0.3 is 20.0 Å². The van der Waals surface area contributed by atoms with Crippen LogP contribution in [0.15, 0.2) is 109 Å². The van der Waals surface area contributed by atoms with E-state index in [9.17, 15) is 19.8 Å². The van der Waals surface area contributed by atoms with Crippen LogP contribution in [0.3, 0.4) is 0 Å². The van der Waals surface area contributed by atoms with E-state index in [-0.39, 0.29) is 22.4 Å². The number of hydrogen-bond donors (Lipinski definition) is 2. The SMILES string of the molecule is CC.CC.CC(=O)C(CN1CC[C@@](C)(c2cccc(C)c2)[C@@H](C)C1)[C@H](O)c1ccccc1.CC(=O)[C@H](CN1CC[C@@](C)(c2cccc(C)c2)[C@@H](C)C1)[C@H](O)c1ccccc1. The molecule has 1 unspecified atom stereocenters. The highest BCUT2D eigenvalue weighted by atomic mass is 16.3. The highest BCUT2D eigenvalue weighted by Gasteiger charge is 2.41. The van der Waals surface area contributed by atoms with Crippen molar-refractivity contribution in [1.29, 1.82) is 0 Å². The number of aliphatic hydroxyl groups is 2. The lowest BCUT2D eigenvalue weighted by Crippen LogP contribution is -2.49. The van der Waals surface area contributed by atoms with E-state index in [2.05, 4.69) is 99.9 Å². The molecule has 2 aliphatic heterocycles.